The number of nitrogens with zero attached hydrogens (tertiary/aromatic N) is 1. The molecule has 1 aliphatic rings. The number of ether oxygens (including phenoxy) is 2. The van der Waals surface area contributed by atoms with E-state index in [1.807, 2.05) is 0 Å². The van der Waals surface area contributed by atoms with Crippen molar-refractivity contribution in [3.63, 3.8) is 0 Å². The molecule has 1 aromatic rings. The molecule has 2 rings (SSSR count). The van der Waals surface area contributed by atoms with Gasteiger partial charge in [0.15, 0.2) is 6.61 Å². The van der Waals surface area contributed by atoms with Crippen LogP contribution in [0.5, 0.6) is 5.75 Å². The van der Waals surface area contributed by atoms with E-state index in [0.717, 1.165) is 13.0 Å². The summed E-state index contributed by atoms with van der Waals surface area (Å²) in [5.41, 5.74) is 6.24. The first-order valence-electron chi connectivity index (χ1n) is 5.98. The van der Waals surface area contributed by atoms with Gasteiger partial charge < -0.3 is 20.1 Å². The molecule has 1 saturated heterocycles. The Morgan fingerprint density at radius 1 is 1.50 bits per heavy atom. The molecule has 18 heavy (non-hydrogen) atoms. The lowest BCUT2D eigenvalue weighted by molar-refractivity contribution is -0.134. The standard InChI is InChI=1S/C13H18N2O3/c1-15(11-6-7-17-8-11)13(16)9-18-12-4-2-10(14)3-5-12/h2-5,11H,6-9,14H2,1H3. The lowest BCUT2D eigenvalue weighted by Gasteiger charge is -2.23. The van der Waals surface area contributed by atoms with Gasteiger partial charge in [0.25, 0.3) is 5.91 Å². The van der Waals surface area contributed by atoms with E-state index in [2.05, 4.69) is 0 Å². The van der Waals surface area contributed by atoms with E-state index < -0.39 is 0 Å². The summed E-state index contributed by atoms with van der Waals surface area (Å²) in [5.74, 6) is 0.607. The van der Waals surface area contributed by atoms with Gasteiger partial charge in [-0.25, -0.2) is 0 Å². The number of rotatable bonds is 4. The van der Waals surface area contributed by atoms with Crippen molar-refractivity contribution >= 4 is 11.6 Å². The molecule has 1 atom stereocenters. The molecular formula is C13H18N2O3. The van der Waals surface area contributed by atoms with Crippen LogP contribution >= 0.6 is 0 Å². The summed E-state index contributed by atoms with van der Waals surface area (Å²) in [6, 6.07) is 7.16. The average molecular weight is 250 g/mol. The van der Waals surface area contributed by atoms with Crippen molar-refractivity contribution < 1.29 is 14.3 Å². The first kappa shape index (κ1) is 12.7. The number of anilines is 1. The third-order valence-electron chi connectivity index (χ3n) is 3.09. The van der Waals surface area contributed by atoms with Crippen molar-refractivity contribution in [3.05, 3.63) is 24.3 Å². The Morgan fingerprint density at radius 2 is 2.22 bits per heavy atom. The maximum atomic E-state index is 11.9. The van der Waals surface area contributed by atoms with Crippen molar-refractivity contribution in [2.45, 2.75) is 12.5 Å². The number of carbonyl (C=O) groups is 1. The van der Waals surface area contributed by atoms with Crippen molar-refractivity contribution in [3.8, 4) is 5.75 Å². The first-order chi connectivity index (χ1) is 8.66. The molecule has 0 saturated carbocycles. The molecule has 98 valence electrons. The average Bonchev–Trinajstić information content (AvgIpc) is 2.90. The van der Waals surface area contributed by atoms with Gasteiger partial charge >= 0.3 is 0 Å². The highest BCUT2D eigenvalue weighted by Crippen LogP contribution is 2.14. The summed E-state index contributed by atoms with van der Waals surface area (Å²) in [4.78, 5) is 13.6. The van der Waals surface area contributed by atoms with Crippen LogP contribution < -0.4 is 10.5 Å². The summed E-state index contributed by atoms with van der Waals surface area (Å²) in [6.07, 6.45) is 0.893. The summed E-state index contributed by atoms with van der Waals surface area (Å²) in [5, 5.41) is 0. The van der Waals surface area contributed by atoms with Gasteiger partial charge in [0.05, 0.1) is 12.6 Å². The molecule has 5 heteroatoms. The van der Waals surface area contributed by atoms with E-state index in [0.29, 0.717) is 18.0 Å². The Bertz CT molecular complexity index is 399. The number of amides is 1. The van der Waals surface area contributed by atoms with Crippen LogP contribution in [0.25, 0.3) is 0 Å². The van der Waals surface area contributed by atoms with Gasteiger partial charge in [-0.2, -0.15) is 0 Å². The van der Waals surface area contributed by atoms with E-state index in [9.17, 15) is 4.79 Å². The Morgan fingerprint density at radius 3 is 2.83 bits per heavy atom. The van der Waals surface area contributed by atoms with Gasteiger partial charge in [0, 0.05) is 19.3 Å². The van der Waals surface area contributed by atoms with E-state index in [-0.39, 0.29) is 18.6 Å². The fourth-order valence-electron chi connectivity index (χ4n) is 1.84. The smallest absolute Gasteiger partial charge is 0.260 e. The van der Waals surface area contributed by atoms with Crippen LogP contribution in [-0.4, -0.2) is 43.7 Å². The van der Waals surface area contributed by atoms with Gasteiger partial charge in [-0.1, -0.05) is 0 Å². The van der Waals surface area contributed by atoms with Crippen molar-refractivity contribution in [1.29, 1.82) is 0 Å². The fourth-order valence-corrected chi connectivity index (χ4v) is 1.84. The van der Waals surface area contributed by atoms with Crippen LogP contribution in [0.3, 0.4) is 0 Å². The van der Waals surface area contributed by atoms with Crippen molar-refractivity contribution in [2.24, 2.45) is 0 Å². The number of hydrogen-bond donors (Lipinski definition) is 1. The molecule has 0 aliphatic carbocycles. The molecule has 2 N–H and O–H groups in total. The summed E-state index contributed by atoms with van der Waals surface area (Å²) < 4.78 is 10.7. The Kier molecular flexibility index (Phi) is 4.04. The molecule has 1 aromatic carbocycles. The summed E-state index contributed by atoms with van der Waals surface area (Å²) >= 11 is 0. The Balaban J connectivity index is 1.82. The minimum atomic E-state index is -0.0395. The third-order valence-corrected chi connectivity index (χ3v) is 3.09. The number of carbonyl (C=O) groups excluding carboxylic acids is 1. The van der Waals surface area contributed by atoms with Crippen LogP contribution in [0.15, 0.2) is 24.3 Å². The minimum Gasteiger partial charge on any atom is -0.484 e. The molecule has 1 unspecified atom stereocenters. The van der Waals surface area contributed by atoms with E-state index >= 15 is 0 Å². The zero-order valence-corrected chi connectivity index (χ0v) is 10.5. The quantitative estimate of drug-likeness (QED) is 0.806. The Hall–Kier alpha value is -1.75. The first-order valence-corrected chi connectivity index (χ1v) is 5.98. The van der Waals surface area contributed by atoms with Crippen molar-refractivity contribution in [2.75, 3.05) is 32.6 Å². The number of nitrogens with two attached hydrogens (primary N) is 1. The van der Waals surface area contributed by atoms with Gasteiger partial charge in [-0.05, 0) is 30.7 Å². The summed E-state index contributed by atoms with van der Waals surface area (Å²) in [7, 11) is 1.79. The van der Waals surface area contributed by atoms with E-state index in [4.69, 9.17) is 15.2 Å². The number of nitrogen functional groups attached to an aromatic ring is 1. The molecule has 0 bridgehead atoms. The van der Waals surface area contributed by atoms with Gasteiger partial charge in [0.2, 0.25) is 0 Å². The zero-order chi connectivity index (χ0) is 13.0. The molecule has 1 fully saturated rings. The monoisotopic (exact) mass is 250 g/mol. The zero-order valence-electron chi connectivity index (χ0n) is 10.5. The van der Waals surface area contributed by atoms with Gasteiger partial charge in [-0.15, -0.1) is 0 Å². The highest BCUT2D eigenvalue weighted by Gasteiger charge is 2.24. The lowest BCUT2D eigenvalue weighted by atomic mass is 10.2. The lowest BCUT2D eigenvalue weighted by Crippen LogP contribution is -2.40. The van der Waals surface area contributed by atoms with Gasteiger partial charge in [0.1, 0.15) is 5.75 Å². The van der Waals surface area contributed by atoms with E-state index in [1.165, 1.54) is 0 Å². The van der Waals surface area contributed by atoms with E-state index in [1.54, 1.807) is 36.2 Å². The third kappa shape index (κ3) is 3.13. The van der Waals surface area contributed by atoms with Crippen LogP contribution in [-0.2, 0) is 9.53 Å². The molecule has 0 radical (unpaired) electrons. The maximum Gasteiger partial charge on any atom is 0.260 e. The fraction of sp³-hybridized carbons (Fsp3) is 0.462. The largest absolute Gasteiger partial charge is 0.484 e. The number of benzene rings is 1. The predicted octanol–water partition coefficient (Wildman–Crippen LogP) is 0.895. The second kappa shape index (κ2) is 5.73. The number of hydrogen-bond acceptors (Lipinski definition) is 4. The minimum absolute atomic E-state index is 0.0386. The molecule has 5 nitrogen and oxygen atoms in total. The second-order valence-corrected chi connectivity index (χ2v) is 4.38. The van der Waals surface area contributed by atoms with Crippen LogP contribution in [0.4, 0.5) is 5.69 Å². The van der Waals surface area contributed by atoms with Crippen LogP contribution in [0.1, 0.15) is 6.42 Å². The topological polar surface area (TPSA) is 64.8 Å². The molecule has 1 amide bonds. The molecule has 0 aromatic heterocycles. The molecule has 1 aliphatic heterocycles. The molecule has 0 spiro atoms. The molecular weight excluding hydrogens is 232 g/mol. The SMILES string of the molecule is CN(C(=O)COc1ccc(N)cc1)C1CCOC1. The normalized spacial score (nSPS) is 18.6. The molecule has 1 heterocycles. The van der Waals surface area contributed by atoms with Crippen LogP contribution in [0.2, 0.25) is 0 Å². The van der Waals surface area contributed by atoms with Crippen molar-refractivity contribution in [1.82, 2.24) is 4.90 Å². The maximum absolute atomic E-state index is 11.9. The van der Waals surface area contributed by atoms with Crippen LogP contribution in [0, 0.1) is 0 Å². The highest BCUT2D eigenvalue weighted by molar-refractivity contribution is 5.77. The highest BCUT2D eigenvalue weighted by atomic mass is 16.5. The summed E-state index contributed by atoms with van der Waals surface area (Å²) in [6.45, 7) is 1.38. The predicted molar refractivity (Wildman–Crippen MR) is 68.3 cm³/mol. The number of likely N-dealkylation sites (N-methyl/N-ethyl adjacent to an activating group) is 1. The Labute approximate surface area is 106 Å². The second-order valence-electron chi connectivity index (χ2n) is 4.38. The van der Waals surface area contributed by atoms with Gasteiger partial charge in [-0.3, -0.25) is 4.79 Å².